The van der Waals surface area contributed by atoms with Crippen LogP contribution < -0.4 is 15.0 Å². The van der Waals surface area contributed by atoms with Gasteiger partial charge in [0.05, 0.1) is 4.92 Å². The molecule has 0 bridgehead atoms. The Hall–Kier alpha value is -3.89. The van der Waals surface area contributed by atoms with Crippen LogP contribution in [0.5, 0.6) is 5.75 Å². The summed E-state index contributed by atoms with van der Waals surface area (Å²) in [5.41, 5.74) is 0.639. The molecule has 11 heteroatoms. The van der Waals surface area contributed by atoms with Gasteiger partial charge in [0.2, 0.25) is 11.6 Å². The third-order valence-electron chi connectivity index (χ3n) is 3.98. The third kappa shape index (κ3) is 4.93. The maximum Gasteiger partial charge on any atom is 0.573 e. The molecule has 0 saturated carbocycles. The van der Waals surface area contributed by atoms with Crippen LogP contribution in [0.25, 0.3) is 0 Å². The van der Waals surface area contributed by atoms with Crippen molar-refractivity contribution in [2.24, 2.45) is 0 Å². The van der Waals surface area contributed by atoms with Gasteiger partial charge in [-0.1, -0.05) is 18.2 Å². The maximum absolute atomic E-state index is 12.3. The highest BCUT2D eigenvalue weighted by Crippen LogP contribution is 2.37. The van der Waals surface area contributed by atoms with E-state index in [1.54, 1.807) is 29.2 Å². The molecule has 0 atom stereocenters. The molecule has 0 saturated heterocycles. The average Bonchev–Trinajstić information content (AvgIpc) is 2.70. The number of hydrogen-bond acceptors (Lipinski definition) is 7. The monoisotopic (exact) mass is 419 g/mol. The number of benzene rings is 2. The van der Waals surface area contributed by atoms with E-state index in [-0.39, 0.29) is 17.3 Å². The van der Waals surface area contributed by atoms with Crippen LogP contribution in [0, 0.1) is 10.1 Å². The molecule has 30 heavy (non-hydrogen) atoms. The fourth-order valence-electron chi connectivity index (χ4n) is 2.77. The van der Waals surface area contributed by atoms with Crippen LogP contribution in [0.3, 0.4) is 0 Å². The second-order valence-corrected chi connectivity index (χ2v) is 5.93. The summed E-state index contributed by atoms with van der Waals surface area (Å²) < 4.78 is 40.7. The largest absolute Gasteiger partial charge is 0.573 e. The normalized spacial score (nSPS) is 11.1. The van der Waals surface area contributed by atoms with E-state index in [0.29, 0.717) is 17.9 Å². The first-order valence-electron chi connectivity index (χ1n) is 8.73. The van der Waals surface area contributed by atoms with Gasteiger partial charge in [0.1, 0.15) is 12.1 Å². The quantitative estimate of drug-likeness (QED) is 0.416. The molecule has 0 radical (unpaired) electrons. The summed E-state index contributed by atoms with van der Waals surface area (Å²) in [7, 11) is 0. The van der Waals surface area contributed by atoms with Crippen molar-refractivity contribution < 1.29 is 22.8 Å². The van der Waals surface area contributed by atoms with E-state index in [0.717, 1.165) is 12.1 Å². The van der Waals surface area contributed by atoms with Crippen LogP contribution in [-0.4, -0.2) is 27.8 Å². The summed E-state index contributed by atoms with van der Waals surface area (Å²) in [5, 5.41) is 14.6. The zero-order valence-electron chi connectivity index (χ0n) is 15.6. The van der Waals surface area contributed by atoms with Crippen LogP contribution in [0.1, 0.15) is 6.92 Å². The minimum absolute atomic E-state index is 0.0863. The summed E-state index contributed by atoms with van der Waals surface area (Å²) >= 11 is 0. The van der Waals surface area contributed by atoms with Crippen molar-refractivity contribution in [3.63, 3.8) is 0 Å². The molecule has 0 unspecified atom stereocenters. The van der Waals surface area contributed by atoms with Crippen molar-refractivity contribution in [1.82, 2.24) is 9.97 Å². The molecule has 3 aromatic rings. The zero-order chi connectivity index (χ0) is 21.7. The van der Waals surface area contributed by atoms with Gasteiger partial charge in [-0.05, 0) is 43.3 Å². The number of anilines is 4. The van der Waals surface area contributed by atoms with Crippen molar-refractivity contribution in [1.29, 1.82) is 0 Å². The van der Waals surface area contributed by atoms with E-state index in [9.17, 15) is 23.3 Å². The number of alkyl halides is 3. The van der Waals surface area contributed by atoms with Gasteiger partial charge in [-0.25, -0.2) is 9.97 Å². The summed E-state index contributed by atoms with van der Waals surface area (Å²) in [6.07, 6.45) is -3.63. The summed E-state index contributed by atoms with van der Waals surface area (Å²) in [6, 6.07) is 13.8. The summed E-state index contributed by atoms with van der Waals surface area (Å²) in [4.78, 5) is 20.9. The number of ether oxygens (including phenoxy) is 1. The second kappa shape index (κ2) is 8.64. The average molecular weight is 419 g/mol. The molecule has 2 aromatic carbocycles. The van der Waals surface area contributed by atoms with E-state index in [2.05, 4.69) is 20.0 Å². The molecule has 0 aliphatic carbocycles. The molecule has 0 amide bonds. The molecule has 3 rings (SSSR count). The summed E-state index contributed by atoms with van der Waals surface area (Å²) in [5.74, 6) is -0.417. The molecule has 1 aromatic heterocycles. The fourth-order valence-corrected chi connectivity index (χ4v) is 2.77. The highest BCUT2D eigenvalue weighted by molar-refractivity contribution is 5.78. The van der Waals surface area contributed by atoms with Gasteiger partial charge in [0.25, 0.3) is 0 Å². The third-order valence-corrected chi connectivity index (χ3v) is 3.98. The predicted octanol–water partition coefficient (Wildman–Crippen LogP) is 5.19. The van der Waals surface area contributed by atoms with E-state index in [4.69, 9.17) is 0 Å². The van der Waals surface area contributed by atoms with E-state index < -0.39 is 17.0 Å². The molecule has 0 fully saturated rings. The van der Waals surface area contributed by atoms with Gasteiger partial charge in [0, 0.05) is 17.9 Å². The Bertz CT molecular complexity index is 1010. The number of para-hydroxylation sites is 1. The van der Waals surface area contributed by atoms with Gasteiger partial charge >= 0.3 is 12.0 Å². The minimum Gasteiger partial charge on any atom is -0.406 e. The molecular formula is C19H16F3N5O3. The summed E-state index contributed by atoms with van der Waals surface area (Å²) in [6.45, 7) is 2.23. The van der Waals surface area contributed by atoms with Crippen LogP contribution in [0.15, 0.2) is 60.9 Å². The first-order chi connectivity index (χ1) is 14.3. The molecule has 0 aliphatic rings. The van der Waals surface area contributed by atoms with Crippen LogP contribution in [-0.2, 0) is 0 Å². The number of rotatable bonds is 7. The lowest BCUT2D eigenvalue weighted by Crippen LogP contribution is -2.19. The van der Waals surface area contributed by atoms with Crippen LogP contribution in [0.2, 0.25) is 0 Å². The molecule has 0 spiro atoms. The molecule has 156 valence electrons. The van der Waals surface area contributed by atoms with Crippen LogP contribution in [0.4, 0.5) is 41.9 Å². The van der Waals surface area contributed by atoms with E-state index in [1.807, 2.05) is 13.0 Å². The number of nitrogens with zero attached hydrogens (tertiary/aromatic N) is 4. The minimum atomic E-state index is -4.81. The van der Waals surface area contributed by atoms with E-state index >= 15 is 0 Å². The lowest BCUT2D eigenvalue weighted by Gasteiger charge is -2.22. The van der Waals surface area contributed by atoms with E-state index in [1.165, 1.54) is 18.5 Å². The van der Waals surface area contributed by atoms with Gasteiger partial charge in [-0.3, -0.25) is 10.1 Å². The number of hydrogen-bond donors (Lipinski definition) is 1. The smallest absolute Gasteiger partial charge is 0.406 e. The Kier molecular flexibility index (Phi) is 6.00. The Balaban J connectivity index is 1.94. The lowest BCUT2D eigenvalue weighted by atomic mass is 10.2. The van der Waals surface area contributed by atoms with Crippen molar-refractivity contribution in [3.05, 3.63) is 71.0 Å². The lowest BCUT2D eigenvalue weighted by molar-refractivity contribution is -0.383. The molecule has 1 heterocycles. The topological polar surface area (TPSA) is 93.4 Å². The SMILES string of the molecule is CCN(c1ccccc1)c1ncnc(Nc2ccc(OC(F)(F)F)cc2)c1[N+](=O)[O-]. The fraction of sp³-hybridized carbons (Fsp3) is 0.158. The molecule has 0 aliphatic heterocycles. The van der Waals surface area contributed by atoms with Gasteiger partial charge in [-0.2, -0.15) is 0 Å². The Morgan fingerprint density at radius 1 is 1.10 bits per heavy atom. The highest BCUT2D eigenvalue weighted by Gasteiger charge is 2.31. The van der Waals surface area contributed by atoms with Crippen molar-refractivity contribution in [2.45, 2.75) is 13.3 Å². The predicted molar refractivity (Wildman–Crippen MR) is 104 cm³/mol. The van der Waals surface area contributed by atoms with Crippen molar-refractivity contribution >= 4 is 28.7 Å². The zero-order valence-corrected chi connectivity index (χ0v) is 15.6. The van der Waals surface area contributed by atoms with Crippen LogP contribution >= 0.6 is 0 Å². The maximum atomic E-state index is 12.3. The number of halogens is 3. The van der Waals surface area contributed by atoms with Gasteiger partial charge in [-0.15, -0.1) is 13.2 Å². The highest BCUT2D eigenvalue weighted by atomic mass is 19.4. The van der Waals surface area contributed by atoms with Gasteiger partial charge < -0.3 is 15.0 Å². The number of aromatic nitrogens is 2. The Morgan fingerprint density at radius 2 is 1.77 bits per heavy atom. The number of nitrogens with one attached hydrogen (secondary N) is 1. The standard InChI is InChI=1S/C19H16F3N5O3/c1-2-26(14-6-4-3-5-7-14)18-16(27(28)29)17(23-12-24-18)25-13-8-10-15(11-9-13)30-19(20,21)22/h3-12H,2H2,1H3,(H,23,24,25). The number of nitro groups is 1. The molecular weight excluding hydrogens is 403 g/mol. The second-order valence-electron chi connectivity index (χ2n) is 5.93. The molecule has 1 N–H and O–H groups in total. The van der Waals surface area contributed by atoms with Crippen molar-refractivity contribution in [3.8, 4) is 5.75 Å². The molecule has 8 nitrogen and oxygen atoms in total. The van der Waals surface area contributed by atoms with Crippen molar-refractivity contribution in [2.75, 3.05) is 16.8 Å². The Morgan fingerprint density at radius 3 is 2.33 bits per heavy atom. The Labute approximate surface area is 169 Å². The first kappa shape index (κ1) is 20.8. The van der Waals surface area contributed by atoms with Gasteiger partial charge in [0.15, 0.2) is 0 Å². The first-order valence-corrected chi connectivity index (χ1v) is 8.73.